The second-order valence-electron chi connectivity index (χ2n) is 0.894. The zero-order chi connectivity index (χ0) is 6.24. The van der Waals surface area contributed by atoms with Gasteiger partial charge in [0.25, 0.3) is 0 Å². The van der Waals surface area contributed by atoms with Gasteiger partial charge in [-0.1, -0.05) is 0 Å². The molecular formula is C5H6Cl2O. The standard InChI is InChI=1S/C4H4O.CH2Cl2/c1-2-4-5-3-1;2-1-3/h1-4H;1H2. The van der Waals surface area contributed by atoms with Crippen LogP contribution in [0.2, 0.25) is 0 Å². The molecule has 0 saturated carbocycles. The molecule has 46 valence electrons. The van der Waals surface area contributed by atoms with Gasteiger partial charge in [0.05, 0.1) is 17.9 Å². The van der Waals surface area contributed by atoms with Crippen LogP contribution in [0.25, 0.3) is 0 Å². The first-order chi connectivity index (χ1) is 3.91. The zero-order valence-electron chi connectivity index (χ0n) is 4.18. The molecule has 0 N–H and O–H groups in total. The maximum atomic E-state index is 4.76. The molecule has 0 unspecified atom stereocenters. The summed E-state index contributed by atoms with van der Waals surface area (Å²) in [4.78, 5) is 0. The Morgan fingerprint density at radius 1 is 1.12 bits per heavy atom. The molecule has 8 heavy (non-hydrogen) atoms. The molecule has 0 radical (unpaired) electrons. The van der Waals surface area contributed by atoms with Crippen LogP contribution in [0.3, 0.4) is 0 Å². The van der Waals surface area contributed by atoms with Crippen molar-refractivity contribution < 1.29 is 4.42 Å². The van der Waals surface area contributed by atoms with E-state index in [1.54, 1.807) is 12.5 Å². The fraction of sp³-hybridized carbons (Fsp3) is 0.200. The van der Waals surface area contributed by atoms with Crippen LogP contribution in [-0.2, 0) is 0 Å². The van der Waals surface area contributed by atoms with Crippen LogP contribution in [0.4, 0.5) is 0 Å². The van der Waals surface area contributed by atoms with Gasteiger partial charge in [0.15, 0.2) is 0 Å². The molecule has 1 rings (SSSR count). The highest BCUT2D eigenvalue weighted by Crippen LogP contribution is 1.79. The second kappa shape index (κ2) is 6.86. The third kappa shape index (κ3) is 5.86. The Labute approximate surface area is 58.2 Å². The van der Waals surface area contributed by atoms with E-state index in [0.29, 0.717) is 0 Å². The maximum absolute atomic E-state index is 4.76. The lowest BCUT2D eigenvalue weighted by atomic mass is 10.7. The fourth-order valence-electron chi connectivity index (χ4n) is 0.227. The molecule has 1 aromatic heterocycles. The van der Waals surface area contributed by atoms with Gasteiger partial charge >= 0.3 is 0 Å². The summed E-state index contributed by atoms with van der Waals surface area (Å²) in [5.41, 5.74) is 0. The summed E-state index contributed by atoms with van der Waals surface area (Å²) in [6, 6.07) is 3.67. The van der Waals surface area contributed by atoms with E-state index in [0.717, 1.165) is 0 Å². The van der Waals surface area contributed by atoms with Gasteiger partial charge in [-0.3, -0.25) is 0 Å². The Balaban J connectivity index is 0.000000145. The normalized spacial score (nSPS) is 7.25. The van der Waals surface area contributed by atoms with Crippen molar-refractivity contribution in [2.45, 2.75) is 0 Å². The summed E-state index contributed by atoms with van der Waals surface area (Å²) in [6.45, 7) is 0. The van der Waals surface area contributed by atoms with Crippen molar-refractivity contribution in [3.63, 3.8) is 0 Å². The number of halogens is 2. The van der Waals surface area contributed by atoms with Crippen LogP contribution in [-0.4, -0.2) is 5.34 Å². The highest BCUT2D eigenvalue weighted by atomic mass is 35.5. The van der Waals surface area contributed by atoms with Crippen LogP contribution >= 0.6 is 23.2 Å². The van der Waals surface area contributed by atoms with Crippen LogP contribution in [0.5, 0.6) is 0 Å². The first-order valence-corrected chi connectivity index (χ1v) is 3.07. The largest absolute Gasteiger partial charge is 0.473 e. The van der Waals surface area contributed by atoms with E-state index in [-0.39, 0.29) is 5.34 Å². The summed E-state index contributed by atoms with van der Waals surface area (Å²) in [5.74, 6) is 0. The van der Waals surface area contributed by atoms with Crippen molar-refractivity contribution in [2.24, 2.45) is 0 Å². The van der Waals surface area contributed by atoms with Crippen LogP contribution in [0.15, 0.2) is 29.1 Å². The van der Waals surface area contributed by atoms with Crippen molar-refractivity contribution in [1.29, 1.82) is 0 Å². The summed E-state index contributed by atoms with van der Waals surface area (Å²) < 4.78 is 4.58. The maximum Gasteiger partial charge on any atom is 0.0967 e. The highest BCUT2D eigenvalue weighted by Gasteiger charge is 1.58. The Bertz CT molecular complexity index is 77.3. The van der Waals surface area contributed by atoms with Gasteiger partial charge in [0, 0.05) is 0 Å². The molecule has 0 aliphatic rings. The molecule has 0 bridgehead atoms. The summed E-state index contributed by atoms with van der Waals surface area (Å²) in [5, 5.41) is 0.194. The molecule has 1 aromatic rings. The van der Waals surface area contributed by atoms with E-state index in [1.807, 2.05) is 12.1 Å². The lowest BCUT2D eigenvalue weighted by molar-refractivity contribution is 0.567. The fourth-order valence-corrected chi connectivity index (χ4v) is 0.227. The Hall–Kier alpha value is -0.140. The van der Waals surface area contributed by atoms with Crippen molar-refractivity contribution >= 4 is 23.2 Å². The first kappa shape index (κ1) is 7.86. The van der Waals surface area contributed by atoms with Crippen molar-refractivity contribution in [3.05, 3.63) is 24.7 Å². The number of furan rings is 1. The average molecular weight is 153 g/mol. The molecular weight excluding hydrogens is 147 g/mol. The number of hydrogen-bond acceptors (Lipinski definition) is 1. The van der Waals surface area contributed by atoms with E-state index >= 15 is 0 Å². The van der Waals surface area contributed by atoms with E-state index in [9.17, 15) is 0 Å². The molecule has 0 fully saturated rings. The molecule has 0 atom stereocenters. The van der Waals surface area contributed by atoms with Gasteiger partial charge in [-0.15, -0.1) is 23.2 Å². The predicted molar refractivity (Wildman–Crippen MR) is 35.3 cm³/mol. The summed E-state index contributed by atoms with van der Waals surface area (Å²) >= 11 is 9.53. The van der Waals surface area contributed by atoms with Gasteiger partial charge in [-0.25, -0.2) is 0 Å². The van der Waals surface area contributed by atoms with E-state index in [4.69, 9.17) is 23.2 Å². The average Bonchev–Trinajstić information content (AvgIpc) is 2.17. The summed E-state index contributed by atoms with van der Waals surface area (Å²) in [6.07, 6.45) is 3.25. The third-order valence-corrected chi connectivity index (χ3v) is 0.425. The SMILES string of the molecule is ClCCl.c1ccoc1. The molecule has 0 aliphatic carbocycles. The van der Waals surface area contributed by atoms with Crippen LogP contribution < -0.4 is 0 Å². The monoisotopic (exact) mass is 152 g/mol. The molecule has 0 amide bonds. The van der Waals surface area contributed by atoms with Crippen molar-refractivity contribution in [3.8, 4) is 0 Å². The Morgan fingerprint density at radius 2 is 1.50 bits per heavy atom. The van der Waals surface area contributed by atoms with Crippen molar-refractivity contribution in [2.75, 3.05) is 5.34 Å². The van der Waals surface area contributed by atoms with Gasteiger partial charge in [0.2, 0.25) is 0 Å². The van der Waals surface area contributed by atoms with Gasteiger partial charge in [0.1, 0.15) is 0 Å². The molecule has 0 aromatic carbocycles. The second-order valence-corrected chi connectivity index (χ2v) is 1.70. The predicted octanol–water partition coefficient (Wildman–Crippen LogP) is 2.70. The lowest BCUT2D eigenvalue weighted by Gasteiger charge is -1.50. The molecule has 1 nitrogen and oxygen atoms in total. The van der Waals surface area contributed by atoms with Crippen molar-refractivity contribution in [1.82, 2.24) is 0 Å². The minimum Gasteiger partial charge on any atom is -0.473 e. The number of hydrogen-bond donors (Lipinski definition) is 0. The third-order valence-electron chi connectivity index (χ3n) is 0.425. The molecule has 1 heterocycles. The topological polar surface area (TPSA) is 13.1 Å². The number of alkyl halides is 2. The Kier molecular flexibility index (Phi) is 6.74. The van der Waals surface area contributed by atoms with E-state index < -0.39 is 0 Å². The molecule has 3 heteroatoms. The van der Waals surface area contributed by atoms with Gasteiger partial charge in [-0.2, -0.15) is 0 Å². The molecule has 0 saturated heterocycles. The quantitative estimate of drug-likeness (QED) is 0.522. The Morgan fingerprint density at radius 3 is 1.62 bits per heavy atom. The molecule has 0 aliphatic heterocycles. The lowest BCUT2D eigenvalue weighted by Crippen LogP contribution is -1.24. The van der Waals surface area contributed by atoms with Gasteiger partial charge in [-0.05, 0) is 12.1 Å². The highest BCUT2D eigenvalue weighted by molar-refractivity contribution is 6.40. The zero-order valence-corrected chi connectivity index (χ0v) is 5.69. The van der Waals surface area contributed by atoms with Crippen LogP contribution in [0, 0.1) is 0 Å². The summed E-state index contributed by atoms with van der Waals surface area (Å²) in [7, 11) is 0. The minimum atomic E-state index is 0.194. The van der Waals surface area contributed by atoms with Crippen LogP contribution in [0.1, 0.15) is 0 Å². The smallest absolute Gasteiger partial charge is 0.0967 e. The minimum absolute atomic E-state index is 0.194. The number of rotatable bonds is 0. The van der Waals surface area contributed by atoms with E-state index in [2.05, 4.69) is 4.42 Å². The first-order valence-electron chi connectivity index (χ1n) is 2.01. The molecule has 0 spiro atoms. The van der Waals surface area contributed by atoms with E-state index in [1.165, 1.54) is 0 Å². The van der Waals surface area contributed by atoms with Gasteiger partial charge < -0.3 is 4.42 Å².